The molecule has 154 valence electrons. The first kappa shape index (κ1) is 19.1. The maximum Gasteiger partial charge on any atom is 0.255 e. The molecular formula is C25H22N4O2. The monoisotopic (exact) mass is 410 g/mol. The normalized spacial score (nSPS) is 13.0. The highest BCUT2D eigenvalue weighted by Gasteiger charge is 2.27. The molecule has 3 aromatic carbocycles. The molecule has 0 atom stereocenters. The smallest absolute Gasteiger partial charge is 0.255 e. The van der Waals surface area contributed by atoms with E-state index in [2.05, 4.69) is 20.5 Å². The maximum absolute atomic E-state index is 12.6. The molecule has 1 aliphatic carbocycles. The fraction of sp³-hybridized carbons (Fsp3) is 0.160. The number of aromatic nitrogens is 3. The average Bonchev–Trinajstić information content (AvgIpc) is 3.56. The summed E-state index contributed by atoms with van der Waals surface area (Å²) in [4.78, 5) is 17.1. The van der Waals surface area contributed by atoms with Gasteiger partial charge in [0.25, 0.3) is 5.91 Å². The van der Waals surface area contributed by atoms with E-state index in [4.69, 9.17) is 4.74 Å². The van der Waals surface area contributed by atoms with Gasteiger partial charge in [-0.05, 0) is 66.9 Å². The Labute approximate surface area is 180 Å². The fourth-order valence-electron chi connectivity index (χ4n) is 3.28. The Balaban J connectivity index is 1.18. The molecule has 5 rings (SSSR count). The van der Waals surface area contributed by atoms with Crippen LogP contribution < -0.4 is 10.1 Å². The van der Waals surface area contributed by atoms with Gasteiger partial charge in [0.1, 0.15) is 18.2 Å². The Morgan fingerprint density at radius 1 is 0.968 bits per heavy atom. The van der Waals surface area contributed by atoms with Crippen molar-refractivity contribution in [2.45, 2.75) is 25.4 Å². The SMILES string of the molecule is O=C(Nc1ccc(-c2n[nH]c(C3CC3)n2)cc1)c1ccc(COc2ccccc2)cc1. The van der Waals surface area contributed by atoms with Gasteiger partial charge in [0.2, 0.25) is 0 Å². The van der Waals surface area contributed by atoms with Gasteiger partial charge in [0, 0.05) is 22.7 Å². The molecule has 6 heteroatoms. The van der Waals surface area contributed by atoms with Crippen molar-refractivity contribution in [1.29, 1.82) is 0 Å². The second-order valence-electron chi connectivity index (χ2n) is 7.65. The van der Waals surface area contributed by atoms with E-state index < -0.39 is 0 Å². The number of anilines is 1. The largest absolute Gasteiger partial charge is 0.489 e. The molecule has 1 saturated carbocycles. The Bertz CT molecular complexity index is 1160. The predicted molar refractivity (Wildman–Crippen MR) is 119 cm³/mol. The second kappa shape index (κ2) is 8.44. The lowest BCUT2D eigenvalue weighted by atomic mass is 10.1. The lowest BCUT2D eigenvalue weighted by molar-refractivity contribution is 0.102. The van der Waals surface area contributed by atoms with Crippen LogP contribution in [0.15, 0.2) is 78.9 Å². The number of carbonyl (C=O) groups excluding carboxylic acids is 1. The molecule has 0 saturated heterocycles. The Kier molecular flexibility index (Phi) is 5.19. The lowest BCUT2D eigenvalue weighted by Gasteiger charge is -2.08. The van der Waals surface area contributed by atoms with Crippen LogP contribution in [0.4, 0.5) is 5.69 Å². The minimum atomic E-state index is -0.155. The van der Waals surface area contributed by atoms with Crippen LogP contribution in [0.3, 0.4) is 0 Å². The number of hydrogen-bond acceptors (Lipinski definition) is 4. The quantitative estimate of drug-likeness (QED) is 0.440. The summed E-state index contributed by atoms with van der Waals surface area (Å²) >= 11 is 0. The van der Waals surface area contributed by atoms with Crippen molar-refractivity contribution in [3.05, 3.63) is 95.8 Å². The summed E-state index contributed by atoms with van der Waals surface area (Å²) in [5, 5.41) is 10.2. The lowest BCUT2D eigenvalue weighted by Crippen LogP contribution is -2.11. The van der Waals surface area contributed by atoms with E-state index in [9.17, 15) is 4.79 Å². The average molecular weight is 410 g/mol. The number of benzene rings is 3. The molecule has 4 aromatic rings. The molecule has 1 amide bonds. The molecule has 1 aliphatic rings. The molecule has 1 aromatic heterocycles. The highest BCUT2D eigenvalue weighted by molar-refractivity contribution is 6.04. The van der Waals surface area contributed by atoms with Crippen molar-refractivity contribution < 1.29 is 9.53 Å². The van der Waals surface area contributed by atoms with E-state index in [-0.39, 0.29) is 5.91 Å². The van der Waals surface area contributed by atoms with Crippen LogP contribution in [-0.4, -0.2) is 21.1 Å². The maximum atomic E-state index is 12.6. The molecule has 2 N–H and O–H groups in total. The molecule has 0 unspecified atom stereocenters. The van der Waals surface area contributed by atoms with Gasteiger partial charge < -0.3 is 10.1 Å². The number of rotatable bonds is 7. The van der Waals surface area contributed by atoms with E-state index in [1.807, 2.05) is 66.7 Å². The third-order valence-corrected chi connectivity index (χ3v) is 5.23. The number of carbonyl (C=O) groups is 1. The summed E-state index contributed by atoms with van der Waals surface area (Å²) in [6.45, 7) is 0.455. The van der Waals surface area contributed by atoms with Crippen molar-refractivity contribution in [1.82, 2.24) is 15.2 Å². The van der Waals surface area contributed by atoms with E-state index in [1.54, 1.807) is 12.1 Å². The van der Waals surface area contributed by atoms with Crippen LogP contribution in [0.2, 0.25) is 0 Å². The Morgan fingerprint density at radius 3 is 2.42 bits per heavy atom. The number of nitrogens with one attached hydrogen (secondary N) is 2. The second-order valence-corrected chi connectivity index (χ2v) is 7.65. The molecule has 6 nitrogen and oxygen atoms in total. The number of ether oxygens (including phenoxy) is 1. The zero-order valence-corrected chi connectivity index (χ0v) is 16.9. The van der Waals surface area contributed by atoms with E-state index in [0.29, 0.717) is 23.9 Å². The molecule has 31 heavy (non-hydrogen) atoms. The molecule has 0 bridgehead atoms. The van der Waals surface area contributed by atoms with Crippen molar-refractivity contribution >= 4 is 11.6 Å². The molecule has 0 aliphatic heterocycles. The molecule has 1 heterocycles. The Hall–Kier alpha value is -3.93. The topological polar surface area (TPSA) is 79.9 Å². The van der Waals surface area contributed by atoms with Crippen molar-refractivity contribution in [3.63, 3.8) is 0 Å². The van der Waals surface area contributed by atoms with Crippen LogP contribution in [0.1, 0.15) is 40.5 Å². The first-order valence-electron chi connectivity index (χ1n) is 10.4. The molecule has 0 radical (unpaired) electrons. The summed E-state index contributed by atoms with van der Waals surface area (Å²) in [7, 11) is 0. The van der Waals surface area contributed by atoms with Gasteiger partial charge in [-0.1, -0.05) is 30.3 Å². The van der Waals surface area contributed by atoms with Crippen LogP contribution in [-0.2, 0) is 6.61 Å². The Morgan fingerprint density at radius 2 is 1.71 bits per heavy atom. The summed E-state index contributed by atoms with van der Waals surface area (Å²) < 4.78 is 5.74. The number of hydrogen-bond donors (Lipinski definition) is 2. The third-order valence-electron chi connectivity index (χ3n) is 5.23. The van der Waals surface area contributed by atoms with Gasteiger partial charge in [0.15, 0.2) is 5.82 Å². The van der Waals surface area contributed by atoms with Crippen LogP contribution in [0.5, 0.6) is 5.75 Å². The molecule has 0 spiro atoms. The van der Waals surface area contributed by atoms with Crippen molar-refractivity contribution in [2.75, 3.05) is 5.32 Å². The number of para-hydroxylation sites is 1. The minimum Gasteiger partial charge on any atom is -0.489 e. The van der Waals surface area contributed by atoms with Crippen molar-refractivity contribution in [2.24, 2.45) is 0 Å². The van der Waals surface area contributed by atoms with Gasteiger partial charge >= 0.3 is 0 Å². The third kappa shape index (κ3) is 4.64. The molecule has 1 fully saturated rings. The summed E-state index contributed by atoms with van der Waals surface area (Å²) in [6.07, 6.45) is 2.36. The molecular weight excluding hydrogens is 388 g/mol. The zero-order chi connectivity index (χ0) is 21.0. The predicted octanol–water partition coefficient (Wildman–Crippen LogP) is 5.18. The number of nitrogens with zero attached hydrogens (tertiary/aromatic N) is 2. The van der Waals surface area contributed by atoms with Crippen LogP contribution in [0, 0.1) is 0 Å². The number of amides is 1. The minimum absolute atomic E-state index is 0.155. The summed E-state index contributed by atoms with van der Waals surface area (Å²) in [5.74, 6) is 2.85. The zero-order valence-electron chi connectivity index (χ0n) is 16.9. The van der Waals surface area contributed by atoms with Gasteiger partial charge in [-0.3, -0.25) is 9.89 Å². The van der Waals surface area contributed by atoms with Crippen molar-refractivity contribution in [3.8, 4) is 17.1 Å². The van der Waals surface area contributed by atoms with Crippen LogP contribution >= 0.6 is 0 Å². The standard InChI is InChI=1S/C25H22N4O2/c30-25(20-8-6-17(7-9-20)16-31-22-4-2-1-3-5-22)26-21-14-12-19(13-15-21)24-27-23(28-29-24)18-10-11-18/h1-9,12-15,18H,10-11,16H2,(H,26,30)(H,27,28,29). The van der Waals surface area contributed by atoms with E-state index >= 15 is 0 Å². The van der Waals surface area contributed by atoms with E-state index in [0.717, 1.165) is 28.4 Å². The first-order chi connectivity index (χ1) is 15.2. The number of aromatic amines is 1. The fourth-order valence-corrected chi connectivity index (χ4v) is 3.28. The van der Waals surface area contributed by atoms with Gasteiger partial charge in [-0.15, -0.1) is 0 Å². The first-order valence-corrected chi connectivity index (χ1v) is 10.4. The summed E-state index contributed by atoms with van der Waals surface area (Å²) in [6, 6.07) is 24.6. The number of H-pyrrole nitrogens is 1. The highest BCUT2D eigenvalue weighted by atomic mass is 16.5. The van der Waals surface area contributed by atoms with Crippen LogP contribution in [0.25, 0.3) is 11.4 Å². The van der Waals surface area contributed by atoms with Gasteiger partial charge in [-0.25, -0.2) is 4.98 Å². The summed E-state index contributed by atoms with van der Waals surface area (Å²) in [5.41, 5.74) is 3.24. The van der Waals surface area contributed by atoms with Gasteiger partial charge in [0.05, 0.1) is 0 Å². The highest BCUT2D eigenvalue weighted by Crippen LogP contribution is 2.38. The van der Waals surface area contributed by atoms with Gasteiger partial charge in [-0.2, -0.15) is 5.10 Å². The van der Waals surface area contributed by atoms with E-state index in [1.165, 1.54) is 12.8 Å².